The highest BCUT2D eigenvalue weighted by Crippen LogP contribution is 2.31. The summed E-state index contributed by atoms with van der Waals surface area (Å²) in [6, 6.07) is 9.89. The first-order valence-corrected chi connectivity index (χ1v) is 8.88. The normalized spacial score (nSPS) is 12.5. The Balaban J connectivity index is 1.62. The zero-order chi connectivity index (χ0) is 16.4. The van der Waals surface area contributed by atoms with Crippen molar-refractivity contribution in [3.63, 3.8) is 0 Å². The number of halogens is 2. The van der Waals surface area contributed by atoms with Crippen molar-refractivity contribution in [3.8, 4) is 0 Å². The second-order valence-corrected chi connectivity index (χ2v) is 7.82. The molecule has 2 aromatic heterocycles. The minimum absolute atomic E-state index is 0.00803. The van der Waals surface area contributed by atoms with E-state index in [2.05, 4.69) is 16.4 Å². The first-order chi connectivity index (χ1) is 11.0. The molecule has 0 saturated heterocycles. The number of amides is 1. The van der Waals surface area contributed by atoms with Gasteiger partial charge in [0.25, 0.3) is 0 Å². The summed E-state index contributed by atoms with van der Waals surface area (Å²) in [5.74, 6) is -0.115. The van der Waals surface area contributed by atoms with Crippen LogP contribution in [0.3, 0.4) is 0 Å². The summed E-state index contributed by atoms with van der Waals surface area (Å²) >= 11 is 13.3. The Bertz CT molecular complexity index is 840. The van der Waals surface area contributed by atoms with Gasteiger partial charge in [-0.15, -0.1) is 11.3 Å². The van der Waals surface area contributed by atoms with Gasteiger partial charge in [-0.25, -0.2) is 0 Å². The largest absolute Gasteiger partial charge is 0.361 e. The van der Waals surface area contributed by atoms with Gasteiger partial charge in [0.1, 0.15) is 0 Å². The minimum atomic E-state index is -0.123. The van der Waals surface area contributed by atoms with Crippen LogP contribution in [0.25, 0.3) is 10.9 Å². The fourth-order valence-corrected chi connectivity index (χ4v) is 4.06. The van der Waals surface area contributed by atoms with E-state index < -0.39 is 0 Å². The number of nitrogens with one attached hydrogen (secondary N) is 2. The average molecular weight is 367 g/mol. The second-order valence-electron chi connectivity index (χ2n) is 5.53. The maximum atomic E-state index is 12.3. The first-order valence-electron chi connectivity index (χ1n) is 7.31. The summed E-state index contributed by atoms with van der Waals surface area (Å²) in [5.41, 5.74) is 3.10. The number of aromatic nitrogens is 1. The molecule has 0 bridgehead atoms. The van der Waals surface area contributed by atoms with Gasteiger partial charge >= 0.3 is 0 Å². The molecule has 0 aliphatic carbocycles. The molecule has 6 heteroatoms. The van der Waals surface area contributed by atoms with E-state index in [1.165, 1.54) is 16.7 Å². The van der Waals surface area contributed by atoms with Crippen molar-refractivity contribution in [1.29, 1.82) is 0 Å². The summed E-state index contributed by atoms with van der Waals surface area (Å²) < 4.78 is 1.26. The molecule has 0 spiro atoms. The van der Waals surface area contributed by atoms with E-state index >= 15 is 0 Å². The Morgan fingerprint density at radius 3 is 2.83 bits per heavy atom. The van der Waals surface area contributed by atoms with Crippen LogP contribution < -0.4 is 5.32 Å². The van der Waals surface area contributed by atoms with Gasteiger partial charge in [-0.05, 0) is 24.1 Å². The van der Waals surface area contributed by atoms with E-state index in [-0.39, 0.29) is 11.8 Å². The highest BCUT2D eigenvalue weighted by molar-refractivity contribution is 7.20. The number of fused-ring (bicyclic) bond motifs is 1. The molecule has 0 radical (unpaired) electrons. The van der Waals surface area contributed by atoms with E-state index in [0.29, 0.717) is 21.6 Å². The van der Waals surface area contributed by atoms with Crippen LogP contribution in [0.1, 0.15) is 18.1 Å². The van der Waals surface area contributed by atoms with Gasteiger partial charge < -0.3 is 10.3 Å². The molecule has 3 rings (SSSR count). The third-order valence-corrected chi connectivity index (χ3v) is 5.40. The van der Waals surface area contributed by atoms with Crippen molar-refractivity contribution in [2.24, 2.45) is 5.92 Å². The first kappa shape index (κ1) is 16.4. The molecule has 1 unspecified atom stereocenters. The predicted molar refractivity (Wildman–Crippen MR) is 97.4 cm³/mol. The van der Waals surface area contributed by atoms with Gasteiger partial charge in [-0.3, -0.25) is 4.79 Å². The molecular weight excluding hydrogens is 351 g/mol. The molecule has 120 valence electrons. The van der Waals surface area contributed by atoms with Gasteiger partial charge in [0, 0.05) is 35.1 Å². The van der Waals surface area contributed by atoms with Crippen LogP contribution in [-0.2, 0) is 17.8 Å². The topological polar surface area (TPSA) is 44.9 Å². The zero-order valence-electron chi connectivity index (χ0n) is 12.5. The van der Waals surface area contributed by atoms with Crippen LogP contribution >= 0.6 is 34.5 Å². The molecule has 3 aromatic rings. The summed E-state index contributed by atoms with van der Waals surface area (Å²) in [5, 5.41) is 4.09. The Morgan fingerprint density at radius 1 is 1.30 bits per heavy atom. The molecule has 0 saturated carbocycles. The molecule has 1 aromatic carbocycles. The Kier molecular flexibility index (Phi) is 4.95. The Labute approximate surface area is 148 Å². The summed E-state index contributed by atoms with van der Waals surface area (Å²) in [6.07, 6.45) is 2.66. The lowest BCUT2D eigenvalue weighted by molar-refractivity contribution is -0.124. The minimum Gasteiger partial charge on any atom is -0.361 e. The molecule has 2 N–H and O–H groups in total. The van der Waals surface area contributed by atoms with Crippen LogP contribution in [0.15, 0.2) is 36.5 Å². The summed E-state index contributed by atoms with van der Waals surface area (Å²) in [7, 11) is 0. The number of para-hydroxylation sites is 1. The molecular formula is C17H16Cl2N2OS. The van der Waals surface area contributed by atoms with Crippen LogP contribution in [-0.4, -0.2) is 10.9 Å². The second kappa shape index (κ2) is 6.95. The quantitative estimate of drug-likeness (QED) is 0.653. The SMILES string of the molecule is CC(Cc1c[nH]c2ccccc12)C(=O)NCc1cc(Cl)sc1Cl. The number of H-pyrrole nitrogens is 1. The van der Waals surface area contributed by atoms with Crippen molar-refractivity contribution in [2.75, 3.05) is 0 Å². The molecule has 1 atom stereocenters. The Morgan fingerprint density at radius 2 is 2.09 bits per heavy atom. The van der Waals surface area contributed by atoms with Gasteiger partial charge in [0.05, 0.1) is 8.67 Å². The number of hydrogen-bond acceptors (Lipinski definition) is 2. The van der Waals surface area contributed by atoms with E-state index in [1.54, 1.807) is 6.07 Å². The van der Waals surface area contributed by atoms with E-state index in [1.807, 2.05) is 31.3 Å². The van der Waals surface area contributed by atoms with Crippen LogP contribution in [0.5, 0.6) is 0 Å². The van der Waals surface area contributed by atoms with Crippen LogP contribution in [0.2, 0.25) is 8.67 Å². The van der Waals surface area contributed by atoms with Gasteiger partial charge in [-0.1, -0.05) is 48.3 Å². The average Bonchev–Trinajstić information content (AvgIpc) is 3.08. The summed E-state index contributed by atoms with van der Waals surface area (Å²) in [6.45, 7) is 2.33. The fraction of sp³-hybridized carbons (Fsp3) is 0.235. The van der Waals surface area contributed by atoms with Gasteiger partial charge in [-0.2, -0.15) is 0 Å². The molecule has 1 amide bonds. The van der Waals surface area contributed by atoms with E-state index in [4.69, 9.17) is 23.2 Å². The van der Waals surface area contributed by atoms with E-state index in [0.717, 1.165) is 16.6 Å². The van der Waals surface area contributed by atoms with Gasteiger partial charge in [0.2, 0.25) is 5.91 Å². The zero-order valence-corrected chi connectivity index (χ0v) is 14.9. The third-order valence-electron chi connectivity index (χ3n) is 3.83. The Hall–Kier alpha value is -1.49. The molecule has 0 aliphatic rings. The third kappa shape index (κ3) is 3.71. The predicted octanol–water partition coefficient (Wildman–Crippen LogP) is 5.03. The smallest absolute Gasteiger partial charge is 0.223 e. The van der Waals surface area contributed by atoms with Crippen LogP contribution in [0, 0.1) is 5.92 Å². The number of aromatic amines is 1. The van der Waals surface area contributed by atoms with Crippen molar-refractivity contribution in [3.05, 3.63) is 56.3 Å². The highest BCUT2D eigenvalue weighted by atomic mass is 35.5. The molecule has 23 heavy (non-hydrogen) atoms. The fourth-order valence-electron chi connectivity index (χ4n) is 2.57. The monoisotopic (exact) mass is 366 g/mol. The highest BCUT2D eigenvalue weighted by Gasteiger charge is 2.16. The number of thiophene rings is 1. The van der Waals surface area contributed by atoms with Crippen molar-refractivity contribution >= 4 is 51.3 Å². The maximum absolute atomic E-state index is 12.3. The lowest BCUT2D eigenvalue weighted by atomic mass is 10.00. The van der Waals surface area contributed by atoms with Crippen LogP contribution in [0.4, 0.5) is 0 Å². The number of benzene rings is 1. The molecule has 3 nitrogen and oxygen atoms in total. The molecule has 2 heterocycles. The number of carbonyl (C=O) groups excluding carboxylic acids is 1. The van der Waals surface area contributed by atoms with Gasteiger partial charge in [0.15, 0.2) is 0 Å². The van der Waals surface area contributed by atoms with E-state index in [9.17, 15) is 4.79 Å². The molecule has 0 aliphatic heterocycles. The van der Waals surface area contributed by atoms with Crippen molar-refractivity contribution in [1.82, 2.24) is 10.3 Å². The summed E-state index contributed by atoms with van der Waals surface area (Å²) in [4.78, 5) is 15.5. The lowest BCUT2D eigenvalue weighted by Gasteiger charge is -2.11. The van der Waals surface area contributed by atoms with Crippen molar-refractivity contribution in [2.45, 2.75) is 19.9 Å². The lowest BCUT2D eigenvalue weighted by Crippen LogP contribution is -2.29. The van der Waals surface area contributed by atoms with Crippen molar-refractivity contribution < 1.29 is 4.79 Å². The molecule has 0 fully saturated rings. The number of rotatable bonds is 5. The number of carbonyl (C=O) groups is 1. The maximum Gasteiger partial charge on any atom is 0.223 e. The number of hydrogen-bond donors (Lipinski definition) is 2. The standard InChI is InChI=1S/C17H16Cl2N2OS/c1-10(6-11-8-20-14-5-3-2-4-13(11)14)17(22)21-9-12-7-15(18)23-16(12)19/h2-5,7-8,10,20H,6,9H2,1H3,(H,21,22).